The van der Waals surface area contributed by atoms with Crippen molar-refractivity contribution in [3.8, 4) is 0 Å². The summed E-state index contributed by atoms with van der Waals surface area (Å²) in [4.78, 5) is 18.6. The van der Waals surface area contributed by atoms with Crippen molar-refractivity contribution < 1.29 is 19.8 Å². The number of carboxylic acids is 2. The SMILES string of the molecule is NCC(=O)O.O=C(O)[CH2][Na]. The third-order valence-electron chi connectivity index (χ3n) is 0.477. The van der Waals surface area contributed by atoms with Crippen molar-refractivity contribution in [1.82, 2.24) is 0 Å². The van der Waals surface area contributed by atoms with Gasteiger partial charge in [0.25, 0.3) is 0 Å². The summed E-state index contributed by atoms with van der Waals surface area (Å²) >= 11 is 0.774. The van der Waals surface area contributed by atoms with Crippen molar-refractivity contribution in [2.24, 2.45) is 5.73 Å². The van der Waals surface area contributed by atoms with Gasteiger partial charge in [-0.3, -0.25) is 4.79 Å². The summed E-state index contributed by atoms with van der Waals surface area (Å²) in [6, 6.07) is 0. The molecule has 0 aromatic heterocycles. The Morgan fingerprint density at radius 2 is 1.50 bits per heavy atom. The van der Waals surface area contributed by atoms with E-state index in [2.05, 4.69) is 5.73 Å². The quantitative estimate of drug-likeness (QED) is 0.432. The molecule has 0 spiro atoms. The molecule has 0 bridgehead atoms. The van der Waals surface area contributed by atoms with Gasteiger partial charge in [0.1, 0.15) is 0 Å². The van der Waals surface area contributed by atoms with Crippen molar-refractivity contribution in [3.05, 3.63) is 0 Å². The molecule has 0 aliphatic heterocycles. The molecule has 0 saturated heterocycles. The average molecular weight is 157 g/mol. The monoisotopic (exact) mass is 157 g/mol. The Labute approximate surface area is 75.6 Å². The van der Waals surface area contributed by atoms with Crippen LogP contribution in [0.3, 0.4) is 0 Å². The van der Waals surface area contributed by atoms with Crippen LogP contribution in [0.4, 0.5) is 0 Å². The first kappa shape index (κ1) is 12.6. The Bertz CT molecular complexity index is 102. The van der Waals surface area contributed by atoms with Gasteiger partial charge in [-0.25, -0.2) is 0 Å². The maximum atomic E-state index is 9.40. The molecule has 6 heteroatoms. The minimum atomic E-state index is -0.968. The van der Waals surface area contributed by atoms with Gasteiger partial charge in [-0.1, -0.05) is 0 Å². The van der Waals surface area contributed by atoms with Crippen molar-refractivity contribution in [2.75, 3.05) is 6.54 Å². The fourth-order valence-corrected chi connectivity index (χ4v) is 0. The van der Waals surface area contributed by atoms with Crippen LogP contribution >= 0.6 is 0 Å². The van der Waals surface area contributed by atoms with E-state index >= 15 is 0 Å². The molecule has 4 N–H and O–H groups in total. The molecule has 0 aliphatic carbocycles. The molecular formula is C4H8NNaO4. The van der Waals surface area contributed by atoms with Crippen molar-refractivity contribution in [3.63, 3.8) is 0 Å². The first-order chi connectivity index (χ1) is 4.54. The van der Waals surface area contributed by atoms with Gasteiger partial charge < -0.3 is 10.8 Å². The number of aliphatic carboxylic acids is 2. The van der Waals surface area contributed by atoms with E-state index in [9.17, 15) is 9.59 Å². The first-order valence-electron chi connectivity index (χ1n) is 2.68. The molecule has 0 heterocycles. The topological polar surface area (TPSA) is 101 Å². The summed E-state index contributed by atoms with van der Waals surface area (Å²) in [5, 5.41) is 15.4. The van der Waals surface area contributed by atoms with Gasteiger partial charge in [0.05, 0.1) is 6.54 Å². The Hall–Kier alpha value is -0.100. The van der Waals surface area contributed by atoms with Crippen LogP contribution in [0, 0.1) is 0 Å². The van der Waals surface area contributed by atoms with Crippen LogP contribution in [-0.4, -0.2) is 56.6 Å². The maximum absolute atomic E-state index is 9.40. The summed E-state index contributed by atoms with van der Waals surface area (Å²) < 4.78 is 0.361. The molecule has 10 heavy (non-hydrogen) atoms. The number of hydrogen-bond acceptors (Lipinski definition) is 3. The summed E-state index contributed by atoms with van der Waals surface area (Å²) in [6.45, 7) is -0.278. The van der Waals surface area contributed by atoms with Crippen LogP contribution in [0.15, 0.2) is 0 Å². The molecule has 0 rings (SSSR count). The third kappa shape index (κ3) is 24.7. The van der Waals surface area contributed by atoms with Crippen LogP contribution in [-0.2, 0) is 9.59 Å². The molecule has 5 nitrogen and oxygen atoms in total. The van der Waals surface area contributed by atoms with Crippen LogP contribution < -0.4 is 5.73 Å². The average Bonchev–Trinajstić information content (AvgIpc) is 1.89. The molecule has 54 valence electrons. The van der Waals surface area contributed by atoms with Crippen LogP contribution in [0.25, 0.3) is 0 Å². The molecular weight excluding hydrogens is 149 g/mol. The van der Waals surface area contributed by atoms with E-state index in [1.807, 2.05) is 0 Å². The number of rotatable bonds is 2. The summed E-state index contributed by atoms with van der Waals surface area (Å²) in [6.07, 6.45) is 0. The standard InChI is InChI=1S/C2H5NO2.C2H3O2.Na/c3-1-2(4)5;1-2(3)4;/h1,3H2,(H,4,5);1H2,(H,3,4);. The van der Waals surface area contributed by atoms with Crippen molar-refractivity contribution >= 4 is 39.9 Å². The Morgan fingerprint density at radius 1 is 1.30 bits per heavy atom. The second-order valence-corrected chi connectivity index (χ2v) is 2.05. The van der Waals surface area contributed by atoms with Crippen LogP contribution in [0.2, 0.25) is 3.67 Å². The molecule has 0 amide bonds. The second-order valence-electron chi connectivity index (χ2n) is 1.35. The van der Waals surface area contributed by atoms with Crippen LogP contribution in [0.1, 0.15) is 0 Å². The second kappa shape index (κ2) is 8.90. The normalized spacial score (nSPS) is 7.50. The van der Waals surface area contributed by atoms with E-state index in [4.69, 9.17) is 10.2 Å². The summed E-state index contributed by atoms with van der Waals surface area (Å²) in [5.74, 6) is -1.65. The molecule has 0 aromatic carbocycles. The van der Waals surface area contributed by atoms with E-state index in [1.54, 1.807) is 0 Å². The summed E-state index contributed by atoms with van der Waals surface area (Å²) in [5.41, 5.74) is 4.57. The molecule has 0 unspecified atom stereocenters. The number of hydrogen-bond donors (Lipinski definition) is 3. The first-order valence-corrected chi connectivity index (χ1v) is 4.09. The zero-order valence-corrected chi connectivity index (χ0v) is 7.70. The Balaban J connectivity index is 0. The number of carboxylic acid groups (broad SMARTS) is 2. The van der Waals surface area contributed by atoms with E-state index in [0.717, 1.165) is 27.9 Å². The van der Waals surface area contributed by atoms with E-state index in [-0.39, 0.29) is 6.54 Å². The molecule has 0 aliphatic rings. The minimum absolute atomic E-state index is 0.278. The van der Waals surface area contributed by atoms with Gasteiger partial charge >= 0.3 is 53.4 Å². The van der Waals surface area contributed by atoms with Gasteiger partial charge in [-0.15, -0.1) is 0 Å². The van der Waals surface area contributed by atoms with Gasteiger partial charge in [0, 0.05) is 0 Å². The third-order valence-corrected chi connectivity index (χ3v) is 1.08. The van der Waals surface area contributed by atoms with Gasteiger partial charge in [-0.2, -0.15) is 0 Å². The zero-order chi connectivity index (χ0) is 8.57. The Morgan fingerprint density at radius 3 is 1.50 bits per heavy atom. The molecule has 0 saturated carbocycles. The van der Waals surface area contributed by atoms with Crippen LogP contribution in [0.5, 0.6) is 0 Å². The molecule has 0 radical (unpaired) electrons. The summed E-state index contributed by atoms with van der Waals surface area (Å²) in [7, 11) is 0. The van der Waals surface area contributed by atoms with Crippen molar-refractivity contribution in [1.29, 1.82) is 0 Å². The number of carbonyl (C=O) groups is 2. The van der Waals surface area contributed by atoms with E-state index in [0.29, 0.717) is 3.67 Å². The molecule has 0 aromatic rings. The number of nitrogens with two attached hydrogens (primary N) is 1. The fourth-order valence-electron chi connectivity index (χ4n) is 0. The fraction of sp³-hybridized carbons (Fsp3) is 0.500. The van der Waals surface area contributed by atoms with E-state index in [1.165, 1.54) is 0 Å². The predicted octanol–water partition coefficient (Wildman–Crippen LogP) is -1.31. The van der Waals surface area contributed by atoms with Gasteiger partial charge in [-0.05, 0) is 0 Å². The molecule has 0 atom stereocenters. The van der Waals surface area contributed by atoms with Crippen molar-refractivity contribution in [2.45, 2.75) is 3.67 Å². The zero-order valence-electron chi connectivity index (χ0n) is 5.70. The predicted molar refractivity (Wildman–Crippen MR) is 34.9 cm³/mol. The molecule has 0 fully saturated rings. The Kier molecular flexibility index (Phi) is 11.2. The van der Waals surface area contributed by atoms with Gasteiger partial charge in [0.2, 0.25) is 0 Å². The van der Waals surface area contributed by atoms with Gasteiger partial charge in [0.15, 0.2) is 0 Å². The van der Waals surface area contributed by atoms with E-state index < -0.39 is 11.9 Å².